The molecule has 0 aromatic carbocycles. The molecule has 2 aromatic heterocycles. The smallest absolute Gasteiger partial charge is 0.201 e. The van der Waals surface area contributed by atoms with Gasteiger partial charge in [-0.25, -0.2) is 9.97 Å². The molecule has 5 heteroatoms. The van der Waals surface area contributed by atoms with Crippen molar-refractivity contribution in [2.24, 2.45) is 0 Å². The Kier molecular flexibility index (Phi) is 1.70. The highest BCUT2D eigenvalue weighted by atomic mass is 15.1. The van der Waals surface area contributed by atoms with Crippen LogP contribution in [0.1, 0.15) is 26.5 Å². The third kappa shape index (κ3) is 1.41. The Balaban J connectivity index is 2.62. The molecule has 0 fully saturated rings. The van der Waals surface area contributed by atoms with Crippen LogP contribution in [0.25, 0.3) is 11.3 Å². The van der Waals surface area contributed by atoms with E-state index in [0.717, 1.165) is 5.69 Å². The summed E-state index contributed by atoms with van der Waals surface area (Å²) in [6, 6.07) is 0. The lowest BCUT2D eigenvalue weighted by Crippen LogP contribution is -2.13. The van der Waals surface area contributed by atoms with E-state index >= 15 is 0 Å². The topological polar surface area (TPSA) is 80.5 Å². The van der Waals surface area contributed by atoms with Gasteiger partial charge in [-0.2, -0.15) is 4.98 Å². The Morgan fingerprint density at radius 1 is 1.29 bits per heavy atom. The number of hydrogen-bond donors (Lipinski definition) is 2. The van der Waals surface area contributed by atoms with Gasteiger partial charge >= 0.3 is 0 Å². The summed E-state index contributed by atoms with van der Waals surface area (Å²) in [5.41, 5.74) is 7.63. The van der Waals surface area contributed by atoms with Crippen molar-refractivity contribution in [1.29, 1.82) is 0 Å². The maximum absolute atomic E-state index is 5.50. The van der Waals surface area contributed by atoms with Crippen molar-refractivity contribution >= 4 is 17.2 Å². The number of imidazole rings is 1. The summed E-state index contributed by atoms with van der Waals surface area (Å²) in [7, 11) is 0. The molecule has 0 aliphatic rings. The van der Waals surface area contributed by atoms with Crippen LogP contribution in [0.15, 0.2) is 6.20 Å². The van der Waals surface area contributed by atoms with Crippen molar-refractivity contribution < 1.29 is 0 Å². The normalized spacial score (nSPS) is 12.2. The van der Waals surface area contributed by atoms with Crippen LogP contribution in [-0.4, -0.2) is 19.9 Å². The lowest BCUT2D eigenvalue weighted by atomic mass is 9.93. The lowest BCUT2D eigenvalue weighted by molar-refractivity contribution is 0.568. The fourth-order valence-electron chi connectivity index (χ4n) is 1.17. The summed E-state index contributed by atoms with van der Waals surface area (Å²) in [6.07, 6.45) is 1.74. The highest BCUT2D eigenvalue weighted by Crippen LogP contribution is 2.20. The molecule has 0 spiro atoms. The maximum atomic E-state index is 5.50. The lowest BCUT2D eigenvalue weighted by Gasteiger charge is -2.16. The molecule has 2 rings (SSSR count). The van der Waals surface area contributed by atoms with Crippen molar-refractivity contribution in [2.45, 2.75) is 26.2 Å². The van der Waals surface area contributed by atoms with Crippen molar-refractivity contribution in [3.63, 3.8) is 0 Å². The molecule has 3 N–H and O–H groups in total. The van der Waals surface area contributed by atoms with Crippen LogP contribution in [0.3, 0.4) is 0 Å². The molecule has 74 valence electrons. The van der Waals surface area contributed by atoms with Gasteiger partial charge in [0, 0.05) is 5.41 Å². The van der Waals surface area contributed by atoms with E-state index < -0.39 is 0 Å². The summed E-state index contributed by atoms with van der Waals surface area (Å²) in [5, 5.41) is 0. The third-order valence-corrected chi connectivity index (χ3v) is 1.99. The van der Waals surface area contributed by atoms with Crippen LogP contribution in [-0.2, 0) is 5.41 Å². The molecular weight excluding hydrogens is 178 g/mol. The second-order valence-corrected chi connectivity index (χ2v) is 4.30. The minimum absolute atomic E-state index is 0.0128. The van der Waals surface area contributed by atoms with Gasteiger partial charge in [0.05, 0.1) is 11.9 Å². The quantitative estimate of drug-likeness (QED) is 0.656. The van der Waals surface area contributed by atoms with Crippen LogP contribution in [0.5, 0.6) is 0 Å². The van der Waals surface area contributed by atoms with E-state index in [-0.39, 0.29) is 5.41 Å². The Labute approximate surface area is 81.8 Å². The van der Waals surface area contributed by atoms with Gasteiger partial charge in [-0.3, -0.25) is 0 Å². The first-order valence-electron chi connectivity index (χ1n) is 4.45. The number of H-pyrrole nitrogens is 1. The fraction of sp³-hybridized carbons (Fsp3) is 0.444. The molecule has 0 radical (unpaired) electrons. The number of anilines is 1. The summed E-state index contributed by atoms with van der Waals surface area (Å²) in [6.45, 7) is 6.26. The van der Waals surface area contributed by atoms with E-state index in [1.54, 1.807) is 6.20 Å². The fourth-order valence-corrected chi connectivity index (χ4v) is 1.17. The molecule has 2 aromatic rings. The second kappa shape index (κ2) is 2.67. The highest BCUT2D eigenvalue weighted by molar-refractivity contribution is 5.67. The molecule has 0 unspecified atom stereocenters. The SMILES string of the molecule is CC(C)(C)c1cnc2nc(N)[nH]c2n1. The van der Waals surface area contributed by atoms with Gasteiger partial charge in [0.2, 0.25) is 5.95 Å². The van der Waals surface area contributed by atoms with Gasteiger partial charge in [0.15, 0.2) is 11.3 Å². The number of aromatic amines is 1. The minimum Gasteiger partial charge on any atom is -0.369 e. The molecule has 0 saturated heterocycles. The van der Waals surface area contributed by atoms with Crippen LogP contribution in [0.2, 0.25) is 0 Å². The monoisotopic (exact) mass is 191 g/mol. The van der Waals surface area contributed by atoms with E-state index in [2.05, 4.69) is 40.7 Å². The Morgan fingerprint density at radius 2 is 2.00 bits per heavy atom. The molecule has 5 nitrogen and oxygen atoms in total. The number of fused-ring (bicyclic) bond motifs is 1. The molecule has 0 aliphatic heterocycles. The molecule has 0 amide bonds. The van der Waals surface area contributed by atoms with E-state index in [1.807, 2.05) is 0 Å². The summed E-state index contributed by atoms with van der Waals surface area (Å²) in [5.74, 6) is 0.353. The number of rotatable bonds is 0. The van der Waals surface area contributed by atoms with Gasteiger partial charge in [-0.05, 0) is 0 Å². The summed E-state index contributed by atoms with van der Waals surface area (Å²) >= 11 is 0. The average molecular weight is 191 g/mol. The number of nitrogens with two attached hydrogens (primary N) is 1. The number of nitrogen functional groups attached to an aromatic ring is 1. The van der Waals surface area contributed by atoms with Gasteiger partial charge in [0.1, 0.15) is 0 Å². The number of nitrogens with one attached hydrogen (secondary N) is 1. The van der Waals surface area contributed by atoms with Crippen LogP contribution < -0.4 is 5.73 Å². The minimum atomic E-state index is -0.0128. The van der Waals surface area contributed by atoms with Crippen LogP contribution in [0.4, 0.5) is 5.95 Å². The zero-order valence-corrected chi connectivity index (χ0v) is 8.50. The molecule has 14 heavy (non-hydrogen) atoms. The molecule has 0 saturated carbocycles. The zero-order valence-electron chi connectivity index (χ0n) is 8.50. The van der Waals surface area contributed by atoms with Gasteiger partial charge < -0.3 is 10.7 Å². The summed E-state index contributed by atoms with van der Waals surface area (Å²) in [4.78, 5) is 15.4. The third-order valence-electron chi connectivity index (χ3n) is 1.99. The van der Waals surface area contributed by atoms with Gasteiger partial charge in [-0.15, -0.1) is 0 Å². The van der Waals surface area contributed by atoms with Crippen LogP contribution >= 0.6 is 0 Å². The number of hydrogen-bond acceptors (Lipinski definition) is 4. The van der Waals surface area contributed by atoms with E-state index in [1.165, 1.54) is 0 Å². The number of aromatic nitrogens is 4. The molecule has 0 aliphatic carbocycles. The first-order chi connectivity index (χ1) is 6.47. The second-order valence-electron chi connectivity index (χ2n) is 4.30. The van der Waals surface area contributed by atoms with Crippen molar-refractivity contribution in [3.8, 4) is 0 Å². The first kappa shape index (κ1) is 8.93. The average Bonchev–Trinajstić information content (AvgIpc) is 2.41. The molecule has 2 heterocycles. The van der Waals surface area contributed by atoms with E-state index in [0.29, 0.717) is 17.2 Å². The van der Waals surface area contributed by atoms with Crippen molar-refractivity contribution in [1.82, 2.24) is 19.9 Å². The predicted molar refractivity (Wildman–Crippen MR) is 54.8 cm³/mol. The van der Waals surface area contributed by atoms with Crippen molar-refractivity contribution in [2.75, 3.05) is 5.73 Å². The van der Waals surface area contributed by atoms with Crippen LogP contribution in [0, 0.1) is 0 Å². The van der Waals surface area contributed by atoms with Gasteiger partial charge in [-0.1, -0.05) is 20.8 Å². The number of nitrogens with zero attached hydrogens (tertiary/aromatic N) is 3. The predicted octanol–water partition coefficient (Wildman–Crippen LogP) is 1.23. The zero-order chi connectivity index (χ0) is 10.3. The standard InChI is InChI=1S/C9H13N5/c1-9(2,3)5-4-11-6-7(12-5)14-8(10)13-6/h4H,1-3H3,(H3,10,11,12,13,14). The van der Waals surface area contributed by atoms with Gasteiger partial charge in [0.25, 0.3) is 0 Å². The first-order valence-corrected chi connectivity index (χ1v) is 4.45. The Bertz CT molecular complexity index is 465. The molecule has 0 bridgehead atoms. The summed E-state index contributed by atoms with van der Waals surface area (Å²) < 4.78 is 0. The molecular formula is C9H13N5. The largest absolute Gasteiger partial charge is 0.369 e. The van der Waals surface area contributed by atoms with Crippen molar-refractivity contribution in [3.05, 3.63) is 11.9 Å². The molecule has 0 atom stereocenters. The highest BCUT2D eigenvalue weighted by Gasteiger charge is 2.17. The van der Waals surface area contributed by atoms with E-state index in [9.17, 15) is 0 Å². The Hall–Kier alpha value is -1.65. The Morgan fingerprint density at radius 3 is 2.64 bits per heavy atom. The maximum Gasteiger partial charge on any atom is 0.201 e. The van der Waals surface area contributed by atoms with E-state index in [4.69, 9.17) is 5.73 Å².